The molecule has 4 aromatic rings. The maximum Gasteiger partial charge on any atom is 0.333 e. The molecule has 2 aliphatic rings. The summed E-state index contributed by atoms with van der Waals surface area (Å²) in [5, 5.41) is 10.0. The van der Waals surface area contributed by atoms with Crippen molar-refractivity contribution in [2.75, 3.05) is 13.7 Å². The summed E-state index contributed by atoms with van der Waals surface area (Å²) in [5.41, 5.74) is 8.41. The standard InChI is InChI=1S/C25H21ClF4N8O2.C6H9F2NO.C5H12/c1-40-11-19(15-6-7-17(26)18(8-15)38-22(21(27)28)32-12-34-38)37-23(39)20(35-25(37)31)14-4-2-13(3-5-14)16-9-33-36(10-16)24(29)30;7-5(8)3-6(1-2-6)9-4-10;1-5(2,3)4/h2-10,12,19-21,24H,11H2,1H3,(H2,31,35);4-5H,1-3H2,(H,9,10);1-4H3. The highest BCUT2D eigenvalue weighted by Crippen LogP contribution is 2.40. The number of methoxy groups -OCH3 is 1. The van der Waals surface area contributed by atoms with Crippen molar-refractivity contribution in [3.05, 3.63) is 83.2 Å². The van der Waals surface area contributed by atoms with Gasteiger partial charge in [-0.15, -0.1) is 0 Å². The van der Waals surface area contributed by atoms with Gasteiger partial charge >= 0.3 is 6.55 Å². The fraction of sp³-hybridized carbons (Fsp3) is 0.444. The fourth-order valence-electron chi connectivity index (χ4n) is 5.42. The Labute approximate surface area is 318 Å². The molecule has 1 fully saturated rings. The van der Waals surface area contributed by atoms with Crippen LogP contribution in [0, 0.1) is 5.41 Å². The quantitative estimate of drug-likeness (QED) is 0.104. The van der Waals surface area contributed by atoms with Crippen LogP contribution in [-0.2, 0) is 14.3 Å². The van der Waals surface area contributed by atoms with E-state index in [2.05, 4.69) is 53.2 Å². The molecule has 1 aliphatic heterocycles. The second kappa shape index (κ2) is 18.1. The lowest BCUT2D eigenvalue weighted by Crippen LogP contribution is -2.42. The van der Waals surface area contributed by atoms with E-state index >= 15 is 0 Å². The second-order valence-electron chi connectivity index (χ2n) is 14.4. The van der Waals surface area contributed by atoms with Crippen molar-refractivity contribution >= 4 is 29.9 Å². The maximum atomic E-state index is 13.6. The van der Waals surface area contributed by atoms with E-state index in [1.54, 1.807) is 30.3 Å². The first-order chi connectivity index (χ1) is 25.9. The Bertz CT molecular complexity index is 1920. The van der Waals surface area contributed by atoms with Crippen LogP contribution >= 0.6 is 11.6 Å². The minimum absolute atomic E-state index is 0.00186. The number of amides is 2. The van der Waals surface area contributed by atoms with Gasteiger partial charge in [0, 0.05) is 30.8 Å². The molecule has 0 saturated heterocycles. The zero-order valence-corrected chi connectivity index (χ0v) is 31.4. The van der Waals surface area contributed by atoms with E-state index in [-0.39, 0.29) is 29.7 Å². The molecule has 55 heavy (non-hydrogen) atoms. The van der Waals surface area contributed by atoms with Crippen LogP contribution in [0.3, 0.4) is 0 Å². The zero-order valence-electron chi connectivity index (χ0n) is 30.6. The summed E-state index contributed by atoms with van der Waals surface area (Å²) in [6.07, 6.45) is -0.00122. The molecule has 12 nitrogen and oxygen atoms in total. The normalized spacial score (nSPS) is 16.7. The maximum absolute atomic E-state index is 13.6. The summed E-state index contributed by atoms with van der Waals surface area (Å²) in [6.45, 7) is 5.99. The van der Waals surface area contributed by atoms with Crippen LogP contribution in [0.2, 0.25) is 5.02 Å². The molecule has 0 bridgehead atoms. The van der Waals surface area contributed by atoms with Crippen LogP contribution in [0.4, 0.5) is 26.3 Å². The second-order valence-corrected chi connectivity index (χ2v) is 14.8. The monoisotopic (exact) mass is 797 g/mol. The third kappa shape index (κ3) is 11.3. The molecule has 3 heterocycles. The number of aliphatic imine (C=N–C) groups is 1. The van der Waals surface area contributed by atoms with Crippen molar-refractivity contribution in [3.8, 4) is 16.8 Å². The molecule has 19 heteroatoms. The van der Waals surface area contributed by atoms with Gasteiger partial charge in [-0.05, 0) is 47.1 Å². The van der Waals surface area contributed by atoms with Gasteiger partial charge in [0.1, 0.15) is 6.33 Å². The van der Waals surface area contributed by atoms with E-state index < -0.39 is 48.8 Å². The Hall–Kier alpha value is -4.97. The molecule has 2 aromatic heterocycles. The number of nitrogens with two attached hydrogens (primary N) is 1. The molecule has 2 aromatic carbocycles. The van der Waals surface area contributed by atoms with E-state index in [1.165, 1.54) is 36.5 Å². The van der Waals surface area contributed by atoms with Gasteiger partial charge in [0.15, 0.2) is 17.8 Å². The van der Waals surface area contributed by atoms with Gasteiger partial charge in [-0.25, -0.2) is 36.9 Å². The van der Waals surface area contributed by atoms with E-state index in [4.69, 9.17) is 22.1 Å². The van der Waals surface area contributed by atoms with Crippen molar-refractivity contribution in [2.24, 2.45) is 16.1 Å². The van der Waals surface area contributed by atoms with E-state index in [0.717, 1.165) is 11.0 Å². The number of aromatic nitrogens is 5. The number of guanidine groups is 1. The van der Waals surface area contributed by atoms with Crippen molar-refractivity contribution < 1.29 is 40.7 Å². The lowest BCUT2D eigenvalue weighted by Gasteiger charge is -2.28. The lowest BCUT2D eigenvalue weighted by molar-refractivity contribution is -0.130. The molecule has 0 spiro atoms. The first-order valence-electron chi connectivity index (χ1n) is 16.9. The number of hydrogen-bond donors (Lipinski definition) is 2. The molecular weight excluding hydrogens is 756 g/mol. The van der Waals surface area contributed by atoms with Crippen LogP contribution in [-0.4, -0.2) is 73.4 Å². The summed E-state index contributed by atoms with van der Waals surface area (Å²) < 4.78 is 83.0. The molecule has 2 atom stereocenters. The molecule has 6 rings (SSSR count). The summed E-state index contributed by atoms with van der Waals surface area (Å²) >= 11 is 6.30. The summed E-state index contributed by atoms with van der Waals surface area (Å²) in [7, 11) is 1.44. The topological polar surface area (TPSA) is 146 Å². The van der Waals surface area contributed by atoms with E-state index in [9.17, 15) is 35.9 Å². The number of hydrogen-bond acceptors (Lipinski definition) is 8. The SMILES string of the molecule is CC(C)(C)C.COCC(c1ccc(Cl)c(-n2ncnc2C(F)F)c1)N1C(=O)C(c2ccc(-c3cnn(C(F)F)c3)cc2)N=C1N.O=CNC1(CC(F)F)CC1. The zero-order chi connectivity index (χ0) is 40.7. The molecule has 2 amide bonds. The number of benzene rings is 2. The number of alkyl halides is 6. The minimum atomic E-state index is -2.90. The average Bonchev–Trinajstić information content (AvgIpc) is 3.45. The molecule has 0 radical (unpaired) electrons. The van der Waals surface area contributed by atoms with Crippen LogP contribution < -0.4 is 11.1 Å². The number of carbonyl (C=O) groups is 2. The Balaban J connectivity index is 0.000000375. The van der Waals surface area contributed by atoms with Crippen LogP contribution in [0.5, 0.6) is 0 Å². The third-order valence-electron chi connectivity index (χ3n) is 8.09. The third-order valence-corrected chi connectivity index (χ3v) is 8.41. The Morgan fingerprint density at radius 1 is 1.04 bits per heavy atom. The lowest BCUT2D eigenvalue weighted by atomic mass is 10.0. The fourth-order valence-corrected chi connectivity index (χ4v) is 5.61. The van der Waals surface area contributed by atoms with Crippen molar-refractivity contribution in [3.63, 3.8) is 0 Å². The number of carbonyl (C=O) groups excluding carboxylic acids is 2. The Kier molecular flexibility index (Phi) is 14.1. The first-order valence-corrected chi connectivity index (χ1v) is 17.3. The minimum Gasteiger partial charge on any atom is -0.382 e. The molecule has 2 unspecified atom stereocenters. The average molecular weight is 798 g/mol. The smallest absolute Gasteiger partial charge is 0.333 e. The van der Waals surface area contributed by atoms with Crippen LogP contribution in [0.25, 0.3) is 16.8 Å². The van der Waals surface area contributed by atoms with E-state index in [0.29, 0.717) is 51.6 Å². The van der Waals surface area contributed by atoms with Crippen molar-refractivity contribution in [2.45, 2.75) is 84.0 Å². The molecular formula is C36H42ClF6N9O3. The van der Waals surface area contributed by atoms with Gasteiger partial charge in [0.05, 0.1) is 29.6 Å². The Morgan fingerprint density at radius 3 is 2.22 bits per heavy atom. The van der Waals surface area contributed by atoms with Crippen LogP contribution in [0.15, 0.2) is 66.2 Å². The number of rotatable bonds is 13. The predicted molar refractivity (Wildman–Crippen MR) is 193 cm³/mol. The molecule has 1 aliphatic carbocycles. The van der Waals surface area contributed by atoms with Gasteiger partial charge in [0.2, 0.25) is 12.8 Å². The number of nitrogens with zero attached hydrogens (tertiary/aromatic N) is 7. The van der Waals surface area contributed by atoms with Crippen molar-refractivity contribution in [1.82, 2.24) is 34.8 Å². The molecule has 1 saturated carbocycles. The van der Waals surface area contributed by atoms with Gasteiger partial charge in [-0.2, -0.15) is 19.0 Å². The summed E-state index contributed by atoms with van der Waals surface area (Å²) in [6, 6.07) is 9.52. The first kappa shape index (κ1) is 42.8. The summed E-state index contributed by atoms with van der Waals surface area (Å²) in [4.78, 5) is 32.7. The number of halogens is 7. The van der Waals surface area contributed by atoms with Gasteiger partial charge < -0.3 is 15.8 Å². The van der Waals surface area contributed by atoms with Gasteiger partial charge in [0.25, 0.3) is 12.3 Å². The highest BCUT2D eigenvalue weighted by Gasteiger charge is 2.44. The Morgan fingerprint density at radius 2 is 1.69 bits per heavy atom. The number of ether oxygens (including phenoxy) is 1. The number of nitrogens with one attached hydrogen (secondary N) is 1. The summed E-state index contributed by atoms with van der Waals surface area (Å²) in [5.74, 6) is -1.10. The highest BCUT2D eigenvalue weighted by molar-refractivity contribution is 6.32. The van der Waals surface area contributed by atoms with E-state index in [1.807, 2.05) is 0 Å². The van der Waals surface area contributed by atoms with Crippen molar-refractivity contribution in [1.29, 1.82) is 0 Å². The molecule has 298 valence electrons. The predicted octanol–water partition coefficient (Wildman–Crippen LogP) is 7.68. The highest BCUT2D eigenvalue weighted by atomic mass is 35.5. The van der Waals surface area contributed by atoms with Crippen LogP contribution in [0.1, 0.15) is 89.0 Å². The molecule has 3 N–H and O–H groups in total. The van der Waals surface area contributed by atoms with Gasteiger partial charge in [-0.3, -0.25) is 14.5 Å². The van der Waals surface area contributed by atoms with Gasteiger partial charge in [-0.1, -0.05) is 69.6 Å². The largest absolute Gasteiger partial charge is 0.382 e.